The third kappa shape index (κ3) is 2.55. The molecule has 1 aliphatic rings. The van der Waals surface area contributed by atoms with Crippen LogP contribution in [0.4, 0.5) is 14.5 Å². The number of nitrogen functional groups attached to an aromatic ring is 1. The van der Waals surface area contributed by atoms with Crippen molar-refractivity contribution in [3.05, 3.63) is 70.0 Å². The summed E-state index contributed by atoms with van der Waals surface area (Å²) in [6.07, 6.45) is 2.85. The number of non-ortho nitro benzene ring substituents is 1. The molecule has 8 heteroatoms. The quantitative estimate of drug-likeness (QED) is 0.402. The van der Waals surface area contributed by atoms with E-state index < -0.39 is 23.9 Å². The van der Waals surface area contributed by atoms with E-state index in [1.165, 1.54) is 29.0 Å². The lowest BCUT2D eigenvalue weighted by molar-refractivity contribution is -0.641. The fraction of sp³-hybridized carbons (Fsp3) is 0.188. The first-order valence-corrected chi connectivity index (χ1v) is 7.08. The average molecular weight is 334 g/mol. The van der Waals surface area contributed by atoms with Crippen LogP contribution in [0.5, 0.6) is 5.75 Å². The fourth-order valence-electron chi connectivity index (χ4n) is 2.58. The number of fused-ring (bicyclic) bond motifs is 1. The van der Waals surface area contributed by atoms with Gasteiger partial charge in [-0.05, 0) is 18.2 Å². The SMILES string of the molecule is N[n+]1ccccc1C1=CC(CF)(CF)Oc2ccc([N+](=O)[O-])cc21. The van der Waals surface area contributed by atoms with Crippen LogP contribution in [0.2, 0.25) is 0 Å². The summed E-state index contributed by atoms with van der Waals surface area (Å²) in [6.45, 7) is -2.17. The number of nitrogens with two attached hydrogens (primary N) is 1. The molecule has 124 valence electrons. The van der Waals surface area contributed by atoms with Gasteiger partial charge in [0.2, 0.25) is 5.69 Å². The van der Waals surface area contributed by atoms with Crippen molar-refractivity contribution in [1.29, 1.82) is 0 Å². The van der Waals surface area contributed by atoms with E-state index in [1.807, 2.05) is 0 Å². The van der Waals surface area contributed by atoms with E-state index in [2.05, 4.69) is 0 Å². The predicted molar refractivity (Wildman–Crippen MR) is 82.3 cm³/mol. The number of hydrogen-bond donors (Lipinski definition) is 1. The van der Waals surface area contributed by atoms with Gasteiger partial charge >= 0.3 is 0 Å². The van der Waals surface area contributed by atoms with Crippen LogP contribution in [0.1, 0.15) is 11.3 Å². The molecule has 0 bridgehead atoms. The zero-order valence-corrected chi connectivity index (χ0v) is 12.5. The molecule has 1 aromatic heterocycles. The molecule has 0 amide bonds. The van der Waals surface area contributed by atoms with Gasteiger partial charge in [-0.1, -0.05) is 4.68 Å². The highest BCUT2D eigenvalue weighted by Gasteiger charge is 2.39. The number of rotatable bonds is 4. The van der Waals surface area contributed by atoms with Gasteiger partial charge in [0.25, 0.3) is 5.69 Å². The van der Waals surface area contributed by atoms with Gasteiger partial charge in [-0.25, -0.2) is 14.6 Å². The molecular weight excluding hydrogens is 320 g/mol. The number of ether oxygens (including phenoxy) is 1. The number of halogens is 2. The van der Waals surface area contributed by atoms with Gasteiger partial charge in [-0.15, -0.1) is 0 Å². The van der Waals surface area contributed by atoms with Crippen molar-refractivity contribution in [2.45, 2.75) is 5.60 Å². The highest BCUT2D eigenvalue weighted by Crippen LogP contribution is 2.40. The van der Waals surface area contributed by atoms with E-state index in [4.69, 9.17) is 10.6 Å². The number of aromatic nitrogens is 1. The summed E-state index contributed by atoms with van der Waals surface area (Å²) in [7, 11) is 0. The van der Waals surface area contributed by atoms with Gasteiger partial charge in [0.1, 0.15) is 19.1 Å². The Bertz CT molecular complexity index is 835. The Hall–Kier alpha value is -3.03. The maximum absolute atomic E-state index is 13.5. The maximum atomic E-state index is 13.5. The molecule has 0 fully saturated rings. The lowest BCUT2D eigenvalue weighted by Crippen LogP contribution is -2.48. The molecule has 2 N–H and O–H groups in total. The van der Waals surface area contributed by atoms with Gasteiger partial charge < -0.3 is 4.74 Å². The molecule has 0 radical (unpaired) electrons. The maximum Gasteiger partial charge on any atom is 0.270 e. The van der Waals surface area contributed by atoms with Crippen molar-refractivity contribution >= 4 is 11.3 Å². The van der Waals surface area contributed by atoms with Gasteiger partial charge in [-0.2, -0.15) is 0 Å². The number of nitrogens with zero attached hydrogens (tertiary/aromatic N) is 2. The van der Waals surface area contributed by atoms with Crippen LogP contribution in [0.15, 0.2) is 48.7 Å². The second-order valence-corrected chi connectivity index (χ2v) is 5.42. The Labute approximate surface area is 135 Å². The van der Waals surface area contributed by atoms with Crippen LogP contribution in [0, 0.1) is 10.1 Å². The topological polar surface area (TPSA) is 82.3 Å². The van der Waals surface area contributed by atoms with Gasteiger partial charge in [-0.3, -0.25) is 10.1 Å². The third-order valence-electron chi connectivity index (χ3n) is 3.80. The standard InChI is InChI=1S/C16H14F2N3O3/c17-9-16(10-18)8-13(14-3-1-2-6-20(14)19)12-7-11(21(22)23)4-5-15(12)24-16/h1-8H,9-10,19H2/q+1. The van der Waals surface area contributed by atoms with Crippen molar-refractivity contribution in [2.24, 2.45) is 0 Å². The second-order valence-electron chi connectivity index (χ2n) is 5.42. The van der Waals surface area contributed by atoms with E-state index in [-0.39, 0.29) is 11.4 Å². The Morgan fingerprint density at radius 1 is 1.25 bits per heavy atom. The summed E-state index contributed by atoms with van der Waals surface area (Å²) < 4.78 is 33.7. The minimum absolute atomic E-state index is 0.157. The summed E-state index contributed by atoms with van der Waals surface area (Å²) in [4.78, 5) is 10.5. The smallest absolute Gasteiger partial charge is 0.270 e. The highest BCUT2D eigenvalue weighted by molar-refractivity contribution is 5.83. The summed E-state index contributed by atoms with van der Waals surface area (Å²) in [5.74, 6) is 6.06. The molecule has 2 heterocycles. The lowest BCUT2D eigenvalue weighted by atomic mass is 9.91. The van der Waals surface area contributed by atoms with Crippen molar-refractivity contribution in [1.82, 2.24) is 0 Å². The summed E-state index contributed by atoms with van der Waals surface area (Å²) in [6, 6.07) is 8.91. The van der Waals surface area contributed by atoms with Crippen molar-refractivity contribution < 1.29 is 23.1 Å². The first kappa shape index (κ1) is 15.9. The van der Waals surface area contributed by atoms with E-state index in [0.29, 0.717) is 16.8 Å². The van der Waals surface area contributed by atoms with E-state index in [1.54, 1.807) is 24.4 Å². The largest absolute Gasteiger partial charge is 0.477 e. The van der Waals surface area contributed by atoms with Crippen LogP contribution >= 0.6 is 0 Å². The van der Waals surface area contributed by atoms with Crippen LogP contribution in [0.3, 0.4) is 0 Å². The number of hydrogen-bond acceptors (Lipinski definition) is 4. The molecular formula is C16H14F2N3O3+. The highest BCUT2D eigenvalue weighted by atomic mass is 19.1. The lowest BCUT2D eigenvalue weighted by Gasteiger charge is -2.31. The van der Waals surface area contributed by atoms with Gasteiger partial charge in [0.15, 0.2) is 11.8 Å². The fourth-order valence-corrected chi connectivity index (χ4v) is 2.58. The van der Waals surface area contributed by atoms with Crippen LogP contribution in [0.25, 0.3) is 5.57 Å². The number of nitro benzene ring substituents is 1. The monoisotopic (exact) mass is 334 g/mol. The van der Waals surface area contributed by atoms with Gasteiger partial charge in [0, 0.05) is 29.8 Å². The second kappa shape index (κ2) is 5.88. The zero-order chi connectivity index (χ0) is 17.3. The number of alkyl halides is 2. The molecule has 0 spiro atoms. The minimum atomic E-state index is -1.78. The Morgan fingerprint density at radius 2 is 2.00 bits per heavy atom. The zero-order valence-electron chi connectivity index (χ0n) is 12.5. The molecule has 24 heavy (non-hydrogen) atoms. The van der Waals surface area contributed by atoms with Crippen molar-refractivity contribution in [2.75, 3.05) is 19.2 Å². The number of nitro groups is 1. The van der Waals surface area contributed by atoms with Crippen LogP contribution in [-0.4, -0.2) is 23.9 Å². The summed E-state index contributed by atoms with van der Waals surface area (Å²) in [5.41, 5.74) is -0.753. The summed E-state index contributed by atoms with van der Waals surface area (Å²) in [5, 5.41) is 11.0. The molecule has 6 nitrogen and oxygen atoms in total. The average Bonchev–Trinajstić information content (AvgIpc) is 2.60. The van der Waals surface area contributed by atoms with Crippen molar-refractivity contribution in [3.63, 3.8) is 0 Å². The molecule has 0 unspecified atom stereocenters. The van der Waals surface area contributed by atoms with Crippen molar-refractivity contribution in [3.8, 4) is 5.75 Å². The Balaban J connectivity index is 2.26. The molecule has 0 saturated heterocycles. The minimum Gasteiger partial charge on any atom is -0.477 e. The number of pyridine rings is 1. The number of benzene rings is 1. The van der Waals surface area contributed by atoms with Crippen LogP contribution in [-0.2, 0) is 0 Å². The Morgan fingerprint density at radius 3 is 2.62 bits per heavy atom. The normalized spacial score (nSPS) is 15.2. The molecule has 0 atom stereocenters. The van der Waals surface area contributed by atoms with Gasteiger partial charge in [0.05, 0.1) is 10.5 Å². The first-order valence-electron chi connectivity index (χ1n) is 7.08. The van der Waals surface area contributed by atoms with E-state index in [9.17, 15) is 18.9 Å². The Kier molecular flexibility index (Phi) is 3.88. The third-order valence-corrected chi connectivity index (χ3v) is 3.80. The molecule has 1 aromatic carbocycles. The molecule has 0 aliphatic carbocycles. The predicted octanol–water partition coefficient (Wildman–Crippen LogP) is 2.10. The molecule has 3 rings (SSSR count). The van der Waals surface area contributed by atoms with E-state index >= 15 is 0 Å². The molecule has 2 aromatic rings. The summed E-state index contributed by atoms with van der Waals surface area (Å²) >= 11 is 0. The van der Waals surface area contributed by atoms with E-state index in [0.717, 1.165) is 0 Å². The first-order chi connectivity index (χ1) is 11.5. The molecule has 1 aliphatic heterocycles. The molecule has 0 saturated carbocycles. The van der Waals surface area contributed by atoms with Crippen LogP contribution < -0.4 is 15.3 Å².